The Morgan fingerprint density at radius 1 is 1.06 bits per heavy atom. The molecular formula is C24H28N6O. The molecule has 7 heteroatoms. The van der Waals surface area contributed by atoms with Gasteiger partial charge in [-0.3, -0.25) is 14.7 Å². The molecular weight excluding hydrogens is 388 g/mol. The Labute approximate surface area is 182 Å². The van der Waals surface area contributed by atoms with Crippen LogP contribution in [0, 0.1) is 6.92 Å². The Kier molecular flexibility index (Phi) is 5.28. The van der Waals surface area contributed by atoms with Crippen LogP contribution in [0.3, 0.4) is 0 Å². The summed E-state index contributed by atoms with van der Waals surface area (Å²) in [4.78, 5) is 33.9. The number of fused-ring (bicyclic) bond motifs is 2. The van der Waals surface area contributed by atoms with E-state index in [1.54, 1.807) is 6.33 Å². The number of likely N-dealkylation sites (N-methyl/N-ethyl adjacent to an activating group) is 1. The summed E-state index contributed by atoms with van der Waals surface area (Å²) in [5.41, 5.74) is 4.93. The first-order chi connectivity index (χ1) is 15.1. The van der Waals surface area contributed by atoms with Gasteiger partial charge in [0, 0.05) is 74.1 Å². The maximum absolute atomic E-state index is 13.8. The number of para-hydroxylation sites is 1. The highest BCUT2D eigenvalue weighted by Gasteiger charge is 2.29. The maximum atomic E-state index is 13.8. The summed E-state index contributed by atoms with van der Waals surface area (Å²) in [6.45, 7) is 9.84. The Morgan fingerprint density at radius 2 is 1.87 bits per heavy atom. The second-order valence-electron chi connectivity index (χ2n) is 8.34. The number of aryl methyl sites for hydroxylation is 1. The van der Waals surface area contributed by atoms with Crippen molar-refractivity contribution >= 4 is 22.6 Å². The van der Waals surface area contributed by atoms with Crippen LogP contribution in [0.1, 0.15) is 34.2 Å². The van der Waals surface area contributed by atoms with E-state index in [1.165, 1.54) is 0 Å². The molecule has 0 spiro atoms. The largest absolute Gasteiger partial charge is 0.353 e. The number of nitrogens with zero attached hydrogens (tertiary/aromatic N) is 6. The minimum atomic E-state index is 0.131. The third-order valence-electron chi connectivity index (χ3n) is 6.47. The molecule has 0 radical (unpaired) electrons. The fourth-order valence-corrected chi connectivity index (χ4v) is 4.67. The fourth-order valence-electron chi connectivity index (χ4n) is 4.67. The summed E-state index contributed by atoms with van der Waals surface area (Å²) in [6.07, 6.45) is 2.51. The molecule has 3 aromatic rings. The van der Waals surface area contributed by atoms with Crippen LogP contribution in [0.15, 0.2) is 36.7 Å². The van der Waals surface area contributed by atoms with Crippen LogP contribution >= 0.6 is 0 Å². The SMILES string of the molecule is CCN1CCc2nc3ccccc3c(C(=O)N3CCN(c4cc(C)ncn4)CC3)c2C1. The second kappa shape index (κ2) is 8.23. The summed E-state index contributed by atoms with van der Waals surface area (Å²) >= 11 is 0. The van der Waals surface area contributed by atoms with Crippen molar-refractivity contribution < 1.29 is 4.79 Å². The third kappa shape index (κ3) is 3.74. The number of aromatic nitrogens is 3. The van der Waals surface area contributed by atoms with E-state index in [4.69, 9.17) is 4.98 Å². The zero-order valence-corrected chi connectivity index (χ0v) is 18.2. The van der Waals surface area contributed by atoms with E-state index < -0.39 is 0 Å². The van der Waals surface area contributed by atoms with Gasteiger partial charge in [-0.25, -0.2) is 9.97 Å². The van der Waals surface area contributed by atoms with Crippen molar-refractivity contribution in [2.75, 3.05) is 44.2 Å². The van der Waals surface area contributed by atoms with Crippen LogP contribution in [0.5, 0.6) is 0 Å². The number of hydrogen-bond acceptors (Lipinski definition) is 6. The second-order valence-corrected chi connectivity index (χ2v) is 8.34. The molecule has 31 heavy (non-hydrogen) atoms. The molecule has 4 heterocycles. The van der Waals surface area contributed by atoms with E-state index in [9.17, 15) is 4.79 Å². The molecule has 160 valence electrons. The van der Waals surface area contributed by atoms with E-state index in [-0.39, 0.29) is 5.91 Å². The number of hydrogen-bond donors (Lipinski definition) is 0. The first-order valence-corrected chi connectivity index (χ1v) is 11.1. The minimum Gasteiger partial charge on any atom is -0.353 e. The van der Waals surface area contributed by atoms with Gasteiger partial charge in [-0.15, -0.1) is 0 Å². The fraction of sp³-hybridized carbons (Fsp3) is 0.417. The molecule has 1 saturated heterocycles. The summed E-state index contributed by atoms with van der Waals surface area (Å²) < 4.78 is 0. The van der Waals surface area contributed by atoms with Gasteiger partial charge in [0.2, 0.25) is 0 Å². The zero-order valence-electron chi connectivity index (χ0n) is 18.2. The van der Waals surface area contributed by atoms with Gasteiger partial charge in [-0.1, -0.05) is 25.1 Å². The third-order valence-corrected chi connectivity index (χ3v) is 6.47. The van der Waals surface area contributed by atoms with Crippen molar-refractivity contribution in [2.24, 2.45) is 0 Å². The smallest absolute Gasteiger partial charge is 0.255 e. The van der Waals surface area contributed by atoms with E-state index in [1.807, 2.05) is 42.2 Å². The molecule has 1 amide bonds. The number of carbonyl (C=O) groups excluding carboxylic acids is 1. The summed E-state index contributed by atoms with van der Waals surface area (Å²) in [7, 11) is 0. The van der Waals surface area contributed by atoms with E-state index >= 15 is 0 Å². The van der Waals surface area contributed by atoms with Gasteiger partial charge in [0.05, 0.1) is 11.1 Å². The highest BCUT2D eigenvalue weighted by Crippen LogP contribution is 2.29. The normalized spacial score (nSPS) is 17.1. The predicted molar refractivity (Wildman–Crippen MR) is 121 cm³/mol. The minimum absolute atomic E-state index is 0.131. The van der Waals surface area contributed by atoms with Gasteiger partial charge < -0.3 is 9.80 Å². The predicted octanol–water partition coefficient (Wildman–Crippen LogP) is 2.67. The number of pyridine rings is 1. The van der Waals surface area contributed by atoms with Crippen LogP contribution in [0.2, 0.25) is 0 Å². The lowest BCUT2D eigenvalue weighted by Crippen LogP contribution is -2.49. The zero-order chi connectivity index (χ0) is 21.4. The van der Waals surface area contributed by atoms with E-state index in [0.717, 1.165) is 78.4 Å². The molecule has 7 nitrogen and oxygen atoms in total. The number of benzene rings is 1. The van der Waals surface area contributed by atoms with E-state index in [2.05, 4.69) is 26.7 Å². The Hall–Kier alpha value is -3.06. The monoisotopic (exact) mass is 416 g/mol. The molecule has 0 saturated carbocycles. The highest BCUT2D eigenvalue weighted by molar-refractivity contribution is 6.07. The molecule has 1 aromatic carbocycles. The number of anilines is 1. The first kappa shape index (κ1) is 19.9. The molecule has 0 unspecified atom stereocenters. The molecule has 2 aliphatic heterocycles. The van der Waals surface area contributed by atoms with Gasteiger partial charge in [-0.05, 0) is 19.5 Å². The molecule has 2 aliphatic rings. The maximum Gasteiger partial charge on any atom is 0.255 e. The lowest BCUT2D eigenvalue weighted by molar-refractivity contribution is 0.0745. The van der Waals surface area contributed by atoms with Crippen molar-refractivity contribution in [3.05, 3.63) is 59.2 Å². The Balaban J connectivity index is 1.45. The topological polar surface area (TPSA) is 65.5 Å². The quantitative estimate of drug-likeness (QED) is 0.654. The van der Waals surface area contributed by atoms with Gasteiger partial charge in [-0.2, -0.15) is 0 Å². The molecule has 0 bridgehead atoms. The molecule has 1 fully saturated rings. The van der Waals surface area contributed by atoms with Crippen LogP contribution < -0.4 is 4.90 Å². The van der Waals surface area contributed by atoms with Crippen molar-refractivity contribution in [2.45, 2.75) is 26.8 Å². The van der Waals surface area contributed by atoms with Gasteiger partial charge in [0.15, 0.2) is 0 Å². The average molecular weight is 417 g/mol. The average Bonchev–Trinajstić information content (AvgIpc) is 2.82. The Bertz CT molecular complexity index is 1120. The van der Waals surface area contributed by atoms with Gasteiger partial charge in [0.1, 0.15) is 12.1 Å². The lowest BCUT2D eigenvalue weighted by Gasteiger charge is -2.36. The van der Waals surface area contributed by atoms with Crippen LogP contribution in [-0.4, -0.2) is 69.9 Å². The molecule has 0 aliphatic carbocycles. The lowest BCUT2D eigenvalue weighted by atomic mass is 9.94. The van der Waals surface area contributed by atoms with E-state index in [0.29, 0.717) is 13.1 Å². The van der Waals surface area contributed by atoms with Gasteiger partial charge in [0.25, 0.3) is 5.91 Å². The van der Waals surface area contributed by atoms with Crippen molar-refractivity contribution in [1.82, 2.24) is 24.8 Å². The number of piperazine rings is 1. The number of rotatable bonds is 3. The molecule has 0 atom stereocenters. The van der Waals surface area contributed by atoms with Crippen LogP contribution in [0.25, 0.3) is 10.9 Å². The number of amides is 1. The molecule has 5 rings (SSSR count). The molecule has 2 aromatic heterocycles. The summed E-state index contributed by atoms with van der Waals surface area (Å²) in [5, 5.41) is 0.970. The van der Waals surface area contributed by atoms with Crippen molar-refractivity contribution in [1.29, 1.82) is 0 Å². The van der Waals surface area contributed by atoms with Crippen molar-refractivity contribution in [3.63, 3.8) is 0 Å². The van der Waals surface area contributed by atoms with Crippen molar-refractivity contribution in [3.8, 4) is 0 Å². The van der Waals surface area contributed by atoms with Crippen LogP contribution in [0.4, 0.5) is 5.82 Å². The standard InChI is InChI=1S/C24H28N6O/c1-3-28-9-8-21-19(15-28)23(18-6-4-5-7-20(18)27-21)24(31)30-12-10-29(11-13-30)22-14-17(2)25-16-26-22/h4-7,14,16H,3,8-13,15H2,1-2H3. The van der Waals surface area contributed by atoms with Gasteiger partial charge >= 0.3 is 0 Å². The Morgan fingerprint density at radius 3 is 2.65 bits per heavy atom. The summed E-state index contributed by atoms with van der Waals surface area (Å²) in [5.74, 6) is 1.07. The van der Waals surface area contributed by atoms with Crippen LogP contribution in [-0.2, 0) is 13.0 Å². The number of carbonyl (C=O) groups is 1. The first-order valence-electron chi connectivity index (χ1n) is 11.1. The highest BCUT2D eigenvalue weighted by atomic mass is 16.2. The molecule has 0 N–H and O–H groups in total. The summed E-state index contributed by atoms with van der Waals surface area (Å²) in [6, 6.07) is 10.1.